The maximum absolute atomic E-state index is 5.90. The lowest BCUT2D eigenvalue weighted by Crippen LogP contribution is -2.25. The predicted molar refractivity (Wildman–Crippen MR) is 93.4 cm³/mol. The summed E-state index contributed by atoms with van der Waals surface area (Å²) in [4.78, 5) is 2.47. The minimum absolute atomic E-state index is 0.463. The molecule has 0 aliphatic carbocycles. The van der Waals surface area contributed by atoms with E-state index in [1.54, 1.807) is 0 Å². The van der Waals surface area contributed by atoms with Crippen LogP contribution in [-0.4, -0.2) is 30.6 Å². The molecular formula is C16H28BrN3. The maximum atomic E-state index is 5.90. The molecule has 1 atom stereocenters. The van der Waals surface area contributed by atoms with Crippen molar-refractivity contribution < 1.29 is 0 Å². The quantitative estimate of drug-likeness (QED) is 0.694. The SMILES string of the molecule is CCN(CC)CCCC(C)Nc1cc(C)c(N)cc1Br. The van der Waals surface area contributed by atoms with Gasteiger partial charge in [0.05, 0.1) is 0 Å². The average molecular weight is 342 g/mol. The van der Waals surface area contributed by atoms with Crippen molar-refractivity contribution in [2.45, 2.75) is 46.6 Å². The number of anilines is 2. The van der Waals surface area contributed by atoms with Gasteiger partial charge in [-0.05, 0) is 79.9 Å². The summed E-state index contributed by atoms with van der Waals surface area (Å²) < 4.78 is 1.04. The number of hydrogen-bond donors (Lipinski definition) is 2. The van der Waals surface area contributed by atoms with E-state index in [0.717, 1.165) is 34.5 Å². The molecule has 0 amide bonds. The molecule has 0 heterocycles. The van der Waals surface area contributed by atoms with Crippen LogP contribution in [0.5, 0.6) is 0 Å². The highest BCUT2D eigenvalue weighted by atomic mass is 79.9. The monoisotopic (exact) mass is 341 g/mol. The van der Waals surface area contributed by atoms with Gasteiger partial charge < -0.3 is 16.0 Å². The fourth-order valence-corrected chi connectivity index (χ4v) is 2.78. The molecule has 1 unspecified atom stereocenters. The number of nitrogen functional groups attached to an aromatic ring is 1. The molecule has 1 rings (SSSR count). The summed E-state index contributed by atoms with van der Waals surface area (Å²) in [6, 6.07) is 4.55. The van der Waals surface area contributed by atoms with E-state index in [2.05, 4.69) is 53.0 Å². The summed E-state index contributed by atoms with van der Waals surface area (Å²) in [6.07, 6.45) is 2.40. The Morgan fingerprint density at radius 2 is 1.95 bits per heavy atom. The zero-order valence-corrected chi connectivity index (χ0v) is 14.8. The third-order valence-corrected chi connectivity index (χ3v) is 4.42. The molecule has 0 radical (unpaired) electrons. The Labute approximate surface area is 132 Å². The van der Waals surface area contributed by atoms with Gasteiger partial charge >= 0.3 is 0 Å². The summed E-state index contributed by atoms with van der Waals surface area (Å²) in [5.74, 6) is 0. The Balaban J connectivity index is 2.46. The molecule has 114 valence electrons. The highest BCUT2D eigenvalue weighted by Crippen LogP contribution is 2.28. The normalized spacial score (nSPS) is 12.7. The molecule has 0 spiro atoms. The molecule has 4 heteroatoms. The third kappa shape index (κ3) is 5.33. The van der Waals surface area contributed by atoms with Crippen LogP contribution >= 0.6 is 15.9 Å². The molecule has 0 saturated carbocycles. The lowest BCUT2D eigenvalue weighted by atomic mass is 10.1. The fraction of sp³-hybridized carbons (Fsp3) is 0.625. The van der Waals surface area contributed by atoms with Crippen LogP contribution in [0.3, 0.4) is 0 Å². The molecule has 0 aliphatic heterocycles. The second kappa shape index (κ2) is 8.53. The summed E-state index contributed by atoms with van der Waals surface area (Å²) in [6.45, 7) is 12.2. The first-order valence-corrected chi connectivity index (χ1v) is 8.31. The van der Waals surface area contributed by atoms with Crippen LogP contribution < -0.4 is 11.1 Å². The highest BCUT2D eigenvalue weighted by molar-refractivity contribution is 9.10. The van der Waals surface area contributed by atoms with E-state index in [4.69, 9.17) is 5.73 Å². The van der Waals surface area contributed by atoms with E-state index in [-0.39, 0.29) is 0 Å². The third-order valence-electron chi connectivity index (χ3n) is 3.76. The minimum atomic E-state index is 0.463. The summed E-state index contributed by atoms with van der Waals surface area (Å²) in [7, 11) is 0. The van der Waals surface area contributed by atoms with Crippen molar-refractivity contribution in [2.75, 3.05) is 30.7 Å². The van der Waals surface area contributed by atoms with Crippen LogP contribution in [0.2, 0.25) is 0 Å². The number of nitrogens with two attached hydrogens (primary N) is 1. The maximum Gasteiger partial charge on any atom is 0.0490 e. The Bertz CT molecular complexity index is 416. The first-order valence-electron chi connectivity index (χ1n) is 7.52. The van der Waals surface area contributed by atoms with Crippen LogP contribution in [0.1, 0.15) is 39.2 Å². The Kier molecular flexibility index (Phi) is 7.38. The van der Waals surface area contributed by atoms with Gasteiger partial charge in [0, 0.05) is 21.9 Å². The number of hydrogen-bond acceptors (Lipinski definition) is 3. The van der Waals surface area contributed by atoms with Crippen LogP contribution in [-0.2, 0) is 0 Å². The minimum Gasteiger partial charge on any atom is -0.398 e. The van der Waals surface area contributed by atoms with Crippen molar-refractivity contribution >= 4 is 27.3 Å². The highest BCUT2D eigenvalue weighted by Gasteiger charge is 2.08. The Morgan fingerprint density at radius 1 is 1.30 bits per heavy atom. The van der Waals surface area contributed by atoms with E-state index >= 15 is 0 Å². The van der Waals surface area contributed by atoms with Crippen molar-refractivity contribution in [3.8, 4) is 0 Å². The molecule has 3 N–H and O–H groups in total. The largest absolute Gasteiger partial charge is 0.398 e. The molecule has 1 aromatic carbocycles. The standard InChI is InChI=1S/C16H28BrN3/c1-5-20(6-2)9-7-8-13(4)19-16-10-12(3)15(18)11-14(16)17/h10-11,13,19H,5-9,18H2,1-4H3. The second-order valence-corrected chi connectivity index (χ2v) is 6.26. The summed E-state index contributed by atoms with van der Waals surface area (Å²) >= 11 is 3.57. The number of nitrogens with zero attached hydrogens (tertiary/aromatic N) is 1. The molecule has 3 nitrogen and oxygen atoms in total. The van der Waals surface area contributed by atoms with Gasteiger partial charge in [-0.15, -0.1) is 0 Å². The molecular weight excluding hydrogens is 314 g/mol. The molecule has 0 aliphatic rings. The number of nitrogens with one attached hydrogen (secondary N) is 1. The molecule has 0 bridgehead atoms. The number of halogens is 1. The average Bonchev–Trinajstić information content (AvgIpc) is 2.41. The molecule has 0 fully saturated rings. The lowest BCUT2D eigenvalue weighted by molar-refractivity contribution is 0.295. The van der Waals surface area contributed by atoms with Crippen LogP contribution in [0.25, 0.3) is 0 Å². The van der Waals surface area contributed by atoms with Gasteiger partial charge in [0.1, 0.15) is 0 Å². The topological polar surface area (TPSA) is 41.3 Å². The first kappa shape index (κ1) is 17.3. The van der Waals surface area contributed by atoms with Gasteiger partial charge in [0.2, 0.25) is 0 Å². The second-order valence-electron chi connectivity index (χ2n) is 5.40. The van der Waals surface area contributed by atoms with Crippen molar-refractivity contribution in [2.24, 2.45) is 0 Å². The van der Waals surface area contributed by atoms with Gasteiger partial charge in [-0.1, -0.05) is 13.8 Å². The lowest BCUT2D eigenvalue weighted by Gasteiger charge is -2.21. The van der Waals surface area contributed by atoms with Gasteiger partial charge in [0.15, 0.2) is 0 Å². The van der Waals surface area contributed by atoms with Crippen molar-refractivity contribution in [1.29, 1.82) is 0 Å². The Hall–Kier alpha value is -0.740. The predicted octanol–water partition coefficient (Wildman–Crippen LogP) is 4.26. The smallest absolute Gasteiger partial charge is 0.0490 e. The van der Waals surface area contributed by atoms with Gasteiger partial charge in [-0.2, -0.15) is 0 Å². The van der Waals surface area contributed by atoms with Crippen LogP contribution in [0, 0.1) is 6.92 Å². The molecule has 1 aromatic rings. The zero-order valence-electron chi connectivity index (χ0n) is 13.2. The molecule has 20 heavy (non-hydrogen) atoms. The fourth-order valence-electron chi connectivity index (χ4n) is 2.31. The van der Waals surface area contributed by atoms with Gasteiger partial charge in [0.25, 0.3) is 0 Å². The van der Waals surface area contributed by atoms with E-state index in [1.807, 2.05) is 13.0 Å². The number of aryl methyl sites for hydroxylation is 1. The Morgan fingerprint density at radius 3 is 2.55 bits per heavy atom. The van der Waals surface area contributed by atoms with E-state index in [1.165, 1.54) is 19.4 Å². The number of benzene rings is 1. The van der Waals surface area contributed by atoms with Crippen LogP contribution in [0.4, 0.5) is 11.4 Å². The van der Waals surface area contributed by atoms with E-state index in [0.29, 0.717) is 6.04 Å². The summed E-state index contributed by atoms with van der Waals surface area (Å²) in [5.41, 5.74) is 8.98. The van der Waals surface area contributed by atoms with E-state index in [9.17, 15) is 0 Å². The van der Waals surface area contributed by atoms with Gasteiger partial charge in [-0.25, -0.2) is 0 Å². The van der Waals surface area contributed by atoms with Gasteiger partial charge in [-0.3, -0.25) is 0 Å². The van der Waals surface area contributed by atoms with E-state index < -0.39 is 0 Å². The zero-order chi connectivity index (χ0) is 15.1. The molecule has 0 saturated heterocycles. The number of rotatable bonds is 8. The molecule has 0 aromatic heterocycles. The van der Waals surface area contributed by atoms with Crippen molar-refractivity contribution in [3.63, 3.8) is 0 Å². The summed E-state index contributed by atoms with van der Waals surface area (Å²) in [5, 5.41) is 3.57. The van der Waals surface area contributed by atoms with Crippen molar-refractivity contribution in [1.82, 2.24) is 4.90 Å². The van der Waals surface area contributed by atoms with Crippen LogP contribution in [0.15, 0.2) is 16.6 Å². The first-order chi connectivity index (χ1) is 9.47. The van der Waals surface area contributed by atoms with Crippen molar-refractivity contribution in [3.05, 3.63) is 22.2 Å².